The largest absolute Gasteiger partial charge is 0.322 e. The van der Waals surface area contributed by atoms with Crippen LogP contribution in [0.5, 0.6) is 0 Å². The zero-order valence-electron chi connectivity index (χ0n) is 13.3. The van der Waals surface area contributed by atoms with E-state index >= 15 is 0 Å². The number of nitrogens with zero attached hydrogens (tertiary/aromatic N) is 1. The maximum Gasteiger partial charge on any atom is 0.241 e. The van der Waals surface area contributed by atoms with Gasteiger partial charge in [-0.25, -0.2) is 0 Å². The van der Waals surface area contributed by atoms with E-state index in [1.165, 1.54) is 25.7 Å². The lowest BCUT2D eigenvalue weighted by Crippen LogP contribution is -2.47. The molecule has 2 unspecified atom stereocenters. The average Bonchev–Trinajstić information content (AvgIpc) is 3.25. The Labute approximate surface area is 123 Å². The predicted octanol–water partition coefficient (Wildman–Crippen LogP) is 3.15. The van der Waals surface area contributed by atoms with Crippen LogP contribution in [-0.4, -0.2) is 29.1 Å². The Morgan fingerprint density at radius 3 is 2.25 bits per heavy atom. The fourth-order valence-electron chi connectivity index (χ4n) is 3.91. The average molecular weight is 278 g/mol. The number of carbonyl (C=O) groups is 1. The number of nitrogens with one attached hydrogen (secondary N) is 1. The molecule has 114 valence electrons. The zero-order valence-corrected chi connectivity index (χ0v) is 13.3. The smallest absolute Gasteiger partial charge is 0.241 e. The van der Waals surface area contributed by atoms with Crippen molar-refractivity contribution in [1.82, 2.24) is 10.2 Å². The Balaban J connectivity index is 1.77. The summed E-state index contributed by atoms with van der Waals surface area (Å²) < 4.78 is 0. The predicted molar refractivity (Wildman–Crippen MR) is 81.2 cm³/mol. The normalized spacial score (nSPS) is 30.9. The van der Waals surface area contributed by atoms with Gasteiger partial charge in [-0.15, -0.1) is 0 Å². The highest BCUT2D eigenvalue weighted by Gasteiger charge is 2.51. The summed E-state index contributed by atoms with van der Waals surface area (Å²) in [5.41, 5.74) is 0. The van der Waals surface area contributed by atoms with Gasteiger partial charge in [-0.05, 0) is 56.3 Å². The molecule has 1 aliphatic heterocycles. The van der Waals surface area contributed by atoms with Crippen LogP contribution in [0.25, 0.3) is 0 Å². The molecule has 1 saturated heterocycles. The van der Waals surface area contributed by atoms with Crippen LogP contribution in [0.15, 0.2) is 0 Å². The van der Waals surface area contributed by atoms with Crippen LogP contribution in [-0.2, 0) is 4.79 Å². The fourth-order valence-corrected chi connectivity index (χ4v) is 3.91. The standard InChI is InChI=1S/C17H30N2O/c1-4-5-14-17(20)19(15(18-14)10-11(2)3)16(12-6-7-12)13-8-9-13/h11-16,18H,4-10H2,1-3H3. The fraction of sp³-hybridized carbons (Fsp3) is 0.941. The van der Waals surface area contributed by atoms with Gasteiger partial charge in [0.05, 0.1) is 12.2 Å². The Hall–Kier alpha value is -0.570. The van der Waals surface area contributed by atoms with Crippen LogP contribution in [0, 0.1) is 17.8 Å². The molecule has 2 saturated carbocycles. The summed E-state index contributed by atoms with van der Waals surface area (Å²) in [6.07, 6.45) is 8.85. The molecule has 1 heterocycles. The lowest BCUT2D eigenvalue weighted by Gasteiger charge is -2.34. The van der Waals surface area contributed by atoms with Crippen LogP contribution in [0.2, 0.25) is 0 Å². The van der Waals surface area contributed by atoms with Crippen molar-refractivity contribution in [3.05, 3.63) is 0 Å². The van der Waals surface area contributed by atoms with Gasteiger partial charge in [0.1, 0.15) is 0 Å². The third-order valence-electron chi connectivity index (χ3n) is 5.09. The van der Waals surface area contributed by atoms with Crippen molar-refractivity contribution in [2.75, 3.05) is 0 Å². The molecule has 3 nitrogen and oxygen atoms in total. The molecule has 3 heteroatoms. The summed E-state index contributed by atoms with van der Waals surface area (Å²) in [6.45, 7) is 6.70. The number of carbonyl (C=O) groups excluding carboxylic acids is 1. The molecule has 1 amide bonds. The molecule has 0 bridgehead atoms. The van der Waals surface area contributed by atoms with Crippen molar-refractivity contribution in [3.63, 3.8) is 0 Å². The highest BCUT2D eigenvalue weighted by Crippen LogP contribution is 2.48. The van der Waals surface area contributed by atoms with Gasteiger partial charge < -0.3 is 4.90 Å². The second kappa shape index (κ2) is 5.67. The molecule has 0 aromatic heterocycles. The van der Waals surface area contributed by atoms with Gasteiger partial charge in [0.15, 0.2) is 0 Å². The summed E-state index contributed by atoms with van der Waals surface area (Å²) >= 11 is 0. The molecule has 0 aromatic rings. The van der Waals surface area contributed by atoms with E-state index in [2.05, 4.69) is 31.0 Å². The molecule has 0 spiro atoms. The second-order valence-corrected chi connectivity index (χ2v) is 7.56. The molecule has 1 N–H and O–H groups in total. The Morgan fingerprint density at radius 1 is 1.20 bits per heavy atom. The van der Waals surface area contributed by atoms with Crippen molar-refractivity contribution in [2.45, 2.75) is 84.0 Å². The van der Waals surface area contributed by atoms with E-state index in [4.69, 9.17) is 0 Å². The monoisotopic (exact) mass is 278 g/mol. The summed E-state index contributed by atoms with van der Waals surface area (Å²) in [5.74, 6) is 2.66. The molecule has 0 radical (unpaired) electrons. The van der Waals surface area contributed by atoms with Crippen LogP contribution in [0.1, 0.15) is 65.7 Å². The first-order valence-electron chi connectivity index (χ1n) is 8.70. The third kappa shape index (κ3) is 2.88. The van der Waals surface area contributed by atoms with Crippen LogP contribution in [0.3, 0.4) is 0 Å². The zero-order chi connectivity index (χ0) is 14.3. The molecular weight excluding hydrogens is 248 g/mol. The molecular formula is C17H30N2O. The van der Waals surface area contributed by atoms with Crippen molar-refractivity contribution in [2.24, 2.45) is 17.8 Å². The second-order valence-electron chi connectivity index (χ2n) is 7.56. The van der Waals surface area contributed by atoms with Gasteiger partial charge in [0, 0.05) is 6.04 Å². The Kier molecular flexibility index (Phi) is 4.07. The Morgan fingerprint density at radius 2 is 1.80 bits per heavy atom. The minimum absolute atomic E-state index is 0.0868. The van der Waals surface area contributed by atoms with E-state index in [0.717, 1.165) is 31.1 Å². The summed E-state index contributed by atoms with van der Waals surface area (Å²) in [4.78, 5) is 15.2. The first kappa shape index (κ1) is 14.4. The van der Waals surface area contributed by atoms with Gasteiger partial charge in [-0.3, -0.25) is 10.1 Å². The summed E-state index contributed by atoms with van der Waals surface area (Å²) in [7, 11) is 0. The lowest BCUT2D eigenvalue weighted by atomic mass is 10.0. The first-order chi connectivity index (χ1) is 9.61. The number of rotatable bonds is 7. The van der Waals surface area contributed by atoms with Gasteiger partial charge >= 0.3 is 0 Å². The van der Waals surface area contributed by atoms with Gasteiger partial charge in [-0.1, -0.05) is 27.2 Å². The third-order valence-corrected chi connectivity index (χ3v) is 5.09. The van der Waals surface area contributed by atoms with Gasteiger partial charge in [-0.2, -0.15) is 0 Å². The topological polar surface area (TPSA) is 32.3 Å². The number of amides is 1. The first-order valence-corrected chi connectivity index (χ1v) is 8.70. The number of hydrogen-bond acceptors (Lipinski definition) is 2. The number of hydrogen-bond donors (Lipinski definition) is 1. The molecule has 3 rings (SSSR count). The van der Waals surface area contributed by atoms with Crippen LogP contribution < -0.4 is 5.32 Å². The molecule has 3 fully saturated rings. The van der Waals surface area contributed by atoms with Crippen molar-refractivity contribution in [3.8, 4) is 0 Å². The molecule has 2 aliphatic carbocycles. The van der Waals surface area contributed by atoms with E-state index < -0.39 is 0 Å². The SMILES string of the molecule is CCCC1NC(CC(C)C)N(C(C2CC2)C2CC2)C1=O. The molecule has 20 heavy (non-hydrogen) atoms. The minimum atomic E-state index is 0.0868. The van der Waals surface area contributed by atoms with E-state index in [9.17, 15) is 4.79 Å². The lowest BCUT2D eigenvalue weighted by molar-refractivity contribution is -0.133. The highest BCUT2D eigenvalue weighted by atomic mass is 16.2. The van der Waals surface area contributed by atoms with E-state index in [1.54, 1.807) is 0 Å². The van der Waals surface area contributed by atoms with E-state index in [-0.39, 0.29) is 6.04 Å². The molecule has 2 atom stereocenters. The maximum absolute atomic E-state index is 12.9. The Bertz CT molecular complexity index is 348. The maximum atomic E-state index is 12.9. The summed E-state index contributed by atoms with van der Waals surface area (Å²) in [5, 5.41) is 3.65. The molecule has 0 aromatic carbocycles. The van der Waals surface area contributed by atoms with Gasteiger partial charge in [0.2, 0.25) is 5.91 Å². The minimum Gasteiger partial charge on any atom is -0.322 e. The van der Waals surface area contributed by atoms with Crippen LogP contribution >= 0.6 is 0 Å². The quantitative estimate of drug-likeness (QED) is 0.776. The molecule has 3 aliphatic rings. The van der Waals surface area contributed by atoms with Crippen molar-refractivity contribution < 1.29 is 4.79 Å². The van der Waals surface area contributed by atoms with Crippen molar-refractivity contribution in [1.29, 1.82) is 0 Å². The van der Waals surface area contributed by atoms with Crippen LogP contribution in [0.4, 0.5) is 0 Å². The summed E-state index contributed by atoms with van der Waals surface area (Å²) in [6, 6.07) is 0.643. The van der Waals surface area contributed by atoms with E-state index in [0.29, 0.717) is 24.0 Å². The van der Waals surface area contributed by atoms with E-state index in [1.807, 2.05) is 0 Å². The van der Waals surface area contributed by atoms with Crippen molar-refractivity contribution >= 4 is 5.91 Å². The highest BCUT2D eigenvalue weighted by molar-refractivity contribution is 5.84. The van der Waals surface area contributed by atoms with Gasteiger partial charge in [0.25, 0.3) is 0 Å².